The summed E-state index contributed by atoms with van der Waals surface area (Å²) in [4.78, 5) is 20.3. The van der Waals surface area contributed by atoms with Crippen molar-refractivity contribution in [2.75, 3.05) is 13.1 Å². The number of hydrogen-bond acceptors (Lipinski definition) is 3. The van der Waals surface area contributed by atoms with E-state index in [1.165, 1.54) is 11.6 Å². The third-order valence-corrected chi connectivity index (χ3v) is 6.83. The first-order valence-electron chi connectivity index (χ1n) is 12.3. The largest absolute Gasteiger partial charge is 0.337 e. The Morgan fingerprint density at radius 1 is 1.00 bits per heavy atom. The van der Waals surface area contributed by atoms with E-state index in [0.717, 1.165) is 25.0 Å². The number of carbonyl (C=O) groups is 1. The van der Waals surface area contributed by atoms with E-state index in [2.05, 4.69) is 50.0 Å². The summed E-state index contributed by atoms with van der Waals surface area (Å²) in [6, 6.07) is 20.6. The first kappa shape index (κ1) is 23.2. The molecule has 0 saturated carbocycles. The highest BCUT2D eigenvalue weighted by Gasteiger charge is 2.28. The molecule has 0 N–H and O–H groups in total. The van der Waals surface area contributed by atoms with E-state index in [1.807, 2.05) is 17.0 Å². The van der Waals surface area contributed by atoms with Gasteiger partial charge in [0.1, 0.15) is 11.5 Å². The zero-order chi connectivity index (χ0) is 24.6. The molecule has 0 unspecified atom stereocenters. The Bertz CT molecular complexity index is 1350. The van der Waals surface area contributed by atoms with Crippen LogP contribution in [0.3, 0.4) is 0 Å². The number of halogens is 1. The van der Waals surface area contributed by atoms with Crippen LogP contribution in [0.5, 0.6) is 0 Å². The molecule has 35 heavy (non-hydrogen) atoms. The van der Waals surface area contributed by atoms with Crippen LogP contribution >= 0.6 is 0 Å². The summed E-state index contributed by atoms with van der Waals surface area (Å²) in [5.74, 6) is 0.113. The average Bonchev–Trinajstić information content (AvgIpc) is 3.30. The van der Waals surface area contributed by atoms with Crippen LogP contribution in [0.2, 0.25) is 0 Å². The van der Waals surface area contributed by atoms with Gasteiger partial charge in [-0.2, -0.15) is 5.10 Å². The van der Waals surface area contributed by atoms with Crippen molar-refractivity contribution in [1.82, 2.24) is 19.5 Å². The Hall–Kier alpha value is -3.54. The second-order valence-corrected chi connectivity index (χ2v) is 10.5. The number of amides is 1. The summed E-state index contributed by atoms with van der Waals surface area (Å²) in [5, 5.41) is 4.74. The number of aromatic nitrogens is 3. The normalized spacial score (nSPS) is 15.0. The summed E-state index contributed by atoms with van der Waals surface area (Å²) in [7, 11) is 0. The third kappa shape index (κ3) is 4.83. The smallest absolute Gasteiger partial charge is 0.272 e. The van der Waals surface area contributed by atoms with Crippen LogP contribution in [0.25, 0.3) is 16.9 Å². The molecule has 1 fully saturated rings. The highest BCUT2D eigenvalue weighted by Crippen LogP contribution is 2.28. The van der Waals surface area contributed by atoms with Gasteiger partial charge in [-0.15, -0.1) is 0 Å². The monoisotopic (exact) mass is 470 g/mol. The molecule has 0 radical (unpaired) electrons. The van der Waals surface area contributed by atoms with Crippen LogP contribution in [0, 0.1) is 11.7 Å². The first-order chi connectivity index (χ1) is 16.8. The lowest BCUT2D eigenvalue weighted by Gasteiger charge is -2.32. The van der Waals surface area contributed by atoms with E-state index in [1.54, 1.807) is 28.8 Å². The van der Waals surface area contributed by atoms with Crippen LogP contribution < -0.4 is 0 Å². The van der Waals surface area contributed by atoms with Crippen molar-refractivity contribution in [3.05, 3.63) is 89.5 Å². The minimum absolute atomic E-state index is 0.0864. The molecule has 2 aromatic heterocycles. The SMILES string of the molecule is CC(C)(C)c1cc2nc(-c3ccccc3F)cc(C(=O)N3CCC(Cc4ccccc4)CC3)n2n1. The van der Waals surface area contributed by atoms with E-state index in [9.17, 15) is 9.18 Å². The van der Waals surface area contributed by atoms with Crippen molar-refractivity contribution in [1.29, 1.82) is 0 Å². The average molecular weight is 471 g/mol. The minimum atomic E-state index is -0.361. The van der Waals surface area contributed by atoms with Crippen LogP contribution in [-0.2, 0) is 11.8 Å². The van der Waals surface area contributed by atoms with Gasteiger partial charge in [-0.3, -0.25) is 4.79 Å². The number of rotatable bonds is 4. The maximum atomic E-state index is 14.6. The number of likely N-dealkylation sites (tertiary alicyclic amines) is 1. The Morgan fingerprint density at radius 2 is 1.69 bits per heavy atom. The molecule has 1 aliphatic rings. The molecule has 1 amide bonds. The molecular formula is C29H31FN4O. The van der Waals surface area contributed by atoms with Gasteiger partial charge < -0.3 is 4.90 Å². The molecule has 0 atom stereocenters. The Balaban J connectivity index is 1.46. The fraction of sp³-hybridized carbons (Fsp3) is 0.345. The van der Waals surface area contributed by atoms with Gasteiger partial charge in [0.2, 0.25) is 0 Å². The van der Waals surface area contributed by atoms with E-state index in [-0.39, 0.29) is 17.1 Å². The molecule has 0 spiro atoms. The number of benzene rings is 2. The zero-order valence-corrected chi connectivity index (χ0v) is 20.5. The van der Waals surface area contributed by atoms with Crippen molar-refractivity contribution >= 4 is 11.6 Å². The van der Waals surface area contributed by atoms with Crippen LogP contribution in [0.4, 0.5) is 4.39 Å². The molecule has 0 bridgehead atoms. The summed E-state index contributed by atoms with van der Waals surface area (Å²) < 4.78 is 16.2. The van der Waals surface area contributed by atoms with E-state index in [4.69, 9.17) is 5.10 Å². The number of nitrogens with zero attached hydrogens (tertiary/aromatic N) is 4. The number of piperidine rings is 1. The predicted molar refractivity (Wildman–Crippen MR) is 136 cm³/mol. The summed E-state index contributed by atoms with van der Waals surface area (Å²) in [5.41, 5.74) is 3.77. The second kappa shape index (κ2) is 9.25. The van der Waals surface area contributed by atoms with Crippen molar-refractivity contribution in [2.45, 2.75) is 45.4 Å². The Labute approximate surface area is 205 Å². The minimum Gasteiger partial charge on any atom is -0.337 e. The molecule has 6 heteroatoms. The molecule has 5 nitrogen and oxygen atoms in total. The Morgan fingerprint density at radius 3 is 2.37 bits per heavy atom. The maximum absolute atomic E-state index is 14.6. The molecule has 1 saturated heterocycles. The maximum Gasteiger partial charge on any atom is 0.272 e. The quantitative estimate of drug-likeness (QED) is 0.372. The van der Waals surface area contributed by atoms with Crippen LogP contribution in [0.15, 0.2) is 66.7 Å². The molecule has 5 rings (SSSR count). The van der Waals surface area contributed by atoms with Gasteiger partial charge in [0.15, 0.2) is 5.65 Å². The molecule has 2 aromatic carbocycles. The van der Waals surface area contributed by atoms with Gasteiger partial charge in [-0.05, 0) is 48.9 Å². The van der Waals surface area contributed by atoms with Gasteiger partial charge in [0, 0.05) is 30.1 Å². The highest BCUT2D eigenvalue weighted by atomic mass is 19.1. The first-order valence-corrected chi connectivity index (χ1v) is 12.3. The van der Waals surface area contributed by atoms with Crippen molar-refractivity contribution < 1.29 is 9.18 Å². The highest BCUT2D eigenvalue weighted by molar-refractivity contribution is 5.94. The van der Waals surface area contributed by atoms with Crippen LogP contribution in [-0.4, -0.2) is 38.5 Å². The van der Waals surface area contributed by atoms with E-state index >= 15 is 0 Å². The van der Waals surface area contributed by atoms with E-state index in [0.29, 0.717) is 41.6 Å². The number of carbonyl (C=O) groups excluding carboxylic acids is 1. The summed E-state index contributed by atoms with van der Waals surface area (Å²) >= 11 is 0. The molecule has 3 heterocycles. The molecule has 1 aliphatic heterocycles. The predicted octanol–water partition coefficient (Wildman–Crippen LogP) is 5.93. The second-order valence-electron chi connectivity index (χ2n) is 10.5. The third-order valence-electron chi connectivity index (χ3n) is 6.83. The summed E-state index contributed by atoms with van der Waals surface area (Å²) in [6.45, 7) is 7.62. The summed E-state index contributed by atoms with van der Waals surface area (Å²) in [6.07, 6.45) is 2.96. The topological polar surface area (TPSA) is 50.5 Å². The van der Waals surface area contributed by atoms with Gasteiger partial charge in [-0.1, -0.05) is 63.2 Å². The standard InChI is InChI=1S/C29H31FN4O/c1-29(2,3)26-19-27-31-24(22-11-7-8-12-23(22)30)18-25(34(27)32-26)28(35)33-15-13-21(14-16-33)17-20-9-5-4-6-10-20/h4-12,18-19,21H,13-17H2,1-3H3. The molecule has 4 aromatic rings. The van der Waals surface area contributed by atoms with Crippen LogP contribution in [0.1, 0.15) is 55.4 Å². The van der Waals surface area contributed by atoms with Crippen molar-refractivity contribution in [3.8, 4) is 11.3 Å². The lowest BCUT2D eigenvalue weighted by molar-refractivity contribution is 0.0681. The zero-order valence-electron chi connectivity index (χ0n) is 20.5. The molecule has 180 valence electrons. The lowest BCUT2D eigenvalue weighted by Crippen LogP contribution is -2.39. The van der Waals surface area contributed by atoms with Crippen molar-refractivity contribution in [2.24, 2.45) is 5.92 Å². The number of fused-ring (bicyclic) bond motifs is 1. The van der Waals surface area contributed by atoms with Crippen molar-refractivity contribution in [3.63, 3.8) is 0 Å². The van der Waals surface area contributed by atoms with Gasteiger partial charge in [0.25, 0.3) is 5.91 Å². The lowest BCUT2D eigenvalue weighted by atomic mass is 9.90. The van der Waals surface area contributed by atoms with Gasteiger partial charge >= 0.3 is 0 Å². The number of hydrogen-bond donors (Lipinski definition) is 0. The fourth-order valence-electron chi connectivity index (χ4n) is 4.75. The Kier molecular flexibility index (Phi) is 6.13. The molecular weight excluding hydrogens is 439 g/mol. The van der Waals surface area contributed by atoms with E-state index < -0.39 is 0 Å². The molecule has 0 aliphatic carbocycles. The fourth-order valence-corrected chi connectivity index (χ4v) is 4.75. The van der Waals surface area contributed by atoms with Gasteiger partial charge in [0.05, 0.1) is 11.4 Å². The van der Waals surface area contributed by atoms with Gasteiger partial charge in [-0.25, -0.2) is 13.9 Å².